The van der Waals surface area contributed by atoms with Gasteiger partial charge in [-0.2, -0.15) is 0 Å². The molecule has 23 heavy (non-hydrogen) atoms. The van der Waals surface area contributed by atoms with E-state index in [4.69, 9.17) is 5.73 Å². The molecule has 0 saturated carbocycles. The van der Waals surface area contributed by atoms with Gasteiger partial charge in [-0.05, 0) is 48.4 Å². The normalized spacial score (nSPS) is 15.7. The number of carbonyl (C=O) groups is 1. The van der Waals surface area contributed by atoms with Crippen molar-refractivity contribution in [3.63, 3.8) is 0 Å². The number of hydrogen-bond donors (Lipinski definition) is 2. The van der Waals surface area contributed by atoms with E-state index in [1.165, 1.54) is 0 Å². The lowest BCUT2D eigenvalue weighted by Crippen LogP contribution is -2.19. The number of thioether (sulfide) groups is 1. The number of rotatable bonds is 2. The summed E-state index contributed by atoms with van der Waals surface area (Å²) in [6.45, 7) is 1.99. The monoisotopic (exact) mass is 371 g/mol. The van der Waals surface area contributed by atoms with E-state index in [0.29, 0.717) is 5.56 Å². The summed E-state index contributed by atoms with van der Waals surface area (Å²) in [4.78, 5) is 17.5. The molecule has 0 spiro atoms. The smallest absolute Gasteiger partial charge is 0.255 e. The highest BCUT2D eigenvalue weighted by Crippen LogP contribution is 2.38. The van der Waals surface area contributed by atoms with E-state index < -0.39 is 0 Å². The summed E-state index contributed by atoms with van der Waals surface area (Å²) in [7, 11) is 0. The number of nitrogens with zero attached hydrogens (tertiary/aromatic N) is 1. The topological polar surface area (TPSA) is 68.0 Å². The van der Waals surface area contributed by atoms with Gasteiger partial charge in [0.2, 0.25) is 0 Å². The van der Waals surface area contributed by atoms with Crippen LogP contribution in [-0.4, -0.2) is 16.6 Å². The van der Waals surface area contributed by atoms with E-state index in [-0.39, 0.29) is 36.8 Å². The zero-order valence-electron chi connectivity index (χ0n) is 12.6. The summed E-state index contributed by atoms with van der Waals surface area (Å²) in [5.74, 6) is 0.908. The molecule has 3 N–H and O–H groups in total. The number of nitrogens with one attached hydrogen (secondary N) is 1. The van der Waals surface area contributed by atoms with Gasteiger partial charge in [-0.15, -0.1) is 36.6 Å². The van der Waals surface area contributed by atoms with Crippen LogP contribution in [0, 0.1) is 6.92 Å². The van der Waals surface area contributed by atoms with Gasteiger partial charge in [0.25, 0.3) is 5.91 Å². The van der Waals surface area contributed by atoms with Crippen LogP contribution >= 0.6 is 36.6 Å². The van der Waals surface area contributed by atoms with E-state index in [1.54, 1.807) is 36.3 Å². The molecule has 2 heterocycles. The molecule has 1 unspecified atom stereocenters. The Bertz CT molecular complexity index is 683. The maximum absolute atomic E-state index is 12.4. The van der Waals surface area contributed by atoms with Gasteiger partial charge in [-0.3, -0.25) is 9.78 Å². The van der Waals surface area contributed by atoms with Crippen molar-refractivity contribution >= 4 is 48.2 Å². The highest BCUT2D eigenvalue weighted by Gasteiger charge is 2.22. The summed E-state index contributed by atoms with van der Waals surface area (Å²) < 4.78 is 0. The van der Waals surface area contributed by atoms with Crippen LogP contribution < -0.4 is 11.1 Å². The Morgan fingerprint density at radius 2 is 1.96 bits per heavy atom. The van der Waals surface area contributed by atoms with Gasteiger partial charge in [0.05, 0.1) is 0 Å². The van der Waals surface area contributed by atoms with Crippen LogP contribution in [0.25, 0.3) is 0 Å². The Kier molecular flexibility index (Phi) is 7.35. The van der Waals surface area contributed by atoms with Crippen molar-refractivity contribution in [2.24, 2.45) is 5.73 Å². The molecule has 1 aromatic carbocycles. The number of hydrogen-bond acceptors (Lipinski definition) is 4. The van der Waals surface area contributed by atoms with E-state index in [1.807, 2.05) is 19.1 Å². The number of carbonyl (C=O) groups excluding carboxylic acids is 1. The van der Waals surface area contributed by atoms with Crippen LogP contribution in [0.2, 0.25) is 0 Å². The number of halogens is 2. The van der Waals surface area contributed by atoms with Crippen LogP contribution in [-0.2, 0) is 0 Å². The quantitative estimate of drug-likeness (QED) is 0.837. The van der Waals surface area contributed by atoms with Gasteiger partial charge in [0.1, 0.15) is 0 Å². The summed E-state index contributed by atoms with van der Waals surface area (Å²) >= 11 is 1.79. The minimum atomic E-state index is -0.0961. The number of aromatic nitrogens is 1. The molecule has 4 nitrogen and oxygen atoms in total. The van der Waals surface area contributed by atoms with Crippen LogP contribution in [0.15, 0.2) is 41.6 Å². The van der Waals surface area contributed by atoms with Crippen molar-refractivity contribution in [2.75, 3.05) is 11.1 Å². The third kappa shape index (κ3) is 4.18. The number of nitrogens with two attached hydrogens (primary N) is 1. The van der Waals surface area contributed by atoms with E-state index in [0.717, 1.165) is 33.9 Å². The molecule has 1 aliphatic heterocycles. The Hall–Kier alpha value is -1.27. The fourth-order valence-corrected chi connectivity index (χ4v) is 3.81. The van der Waals surface area contributed by atoms with Crippen molar-refractivity contribution in [1.29, 1.82) is 0 Å². The van der Waals surface area contributed by atoms with Crippen LogP contribution in [0.1, 0.15) is 33.9 Å². The van der Waals surface area contributed by atoms with E-state index in [9.17, 15) is 4.79 Å². The molecule has 0 fully saturated rings. The molecule has 1 aliphatic rings. The third-order valence-electron chi connectivity index (χ3n) is 3.69. The lowest BCUT2D eigenvalue weighted by Gasteiger charge is -2.24. The first-order chi connectivity index (χ1) is 10.2. The lowest BCUT2D eigenvalue weighted by atomic mass is 9.98. The molecule has 0 bridgehead atoms. The second-order valence-corrected chi connectivity index (χ2v) is 6.20. The summed E-state index contributed by atoms with van der Waals surface area (Å²) in [6, 6.07) is 7.49. The number of benzene rings is 1. The maximum Gasteiger partial charge on any atom is 0.255 e. The molecule has 3 rings (SSSR count). The first-order valence-electron chi connectivity index (χ1n) is 6.90. The molecule has 0 aliphatic carbocycles. The summed E-state index contributed by atoms with van der Waals surface area (Å²) in [5.41, 5.74) is 9.76. The Labute approximate surface area is 152 Å². The van der Waals surface area contributed by atoms with Crippen LogP contribution in [0.3, 0.4) is 0 Å². The zero-order valence-corrected chi connectivity index (χ0v) is 15.1. The second kappa shape index (κ2) is 8.55. The van der Waals surface area contributed by atoms with Crippen molar-refractivity contribution in [2.45, 2.75) is 24.3 Å². The molecule has 0 saturated heterocycles. The molecule has 0 radical (unpaired) electrons. The van der Waals surface area contributed by atoms with Crippen molar-refractivity contribution in [3.8, 4) is 0 Å². The summed E-state index contributed by atoms with van der Waals surface area (Å²) in [6.07, 6.45) is 4.30. The average Bonchev–Trinajstić information content (AvgIpc) is 2.49. The van der Waals surface area contributed by atoms with Gasteiger partial charge < -0.3 is 11.1 Å². The molecule has 1 amide bonds. The Morgan fingerprint density at radius 3 is 2.65 bits per heavy atom. The summed E-state index contributed by atoms with van der Waals surface area (Å²) in [5, 5.41) is 2.90. The van der Waals surface area contributed by atoms with Gasteiger partial charge in [0.15, 0.2) is 0 Å². The van der Waals surface area contributed by atoms with Crippen molar-refractivity contribution < 1.29 is 4.79 Å². The first-order valence-corrected chi connectivity index (χ1v) is 7.88. The largest absolute Gasteiger partial charge is 0.324 e. The molecule has 124 valence electrons. The lowest BCUT2D eigenvalue weighted by molar-refractivity contribution is 0.102. The standard InChI is InChI=1S/C16H17N3OS.2ClH/c1-10-12(16(20)19-11-4-7-18-8-5-11)2-3-13-14(17)6-9-21-15(10)13;;/h2-5,7-8,14H,6,9,17H2,1H3,(H,18,19,20);2*1H. The minimum absolute atomic E-state index is 0. The predicted molar refractivity (Wildman–Crippen MR) is 100 cm³/mol. The fourth-order valence-electron chi connectivity index (χ4n) is 2.52. The molecule has 1 atom stereocenters. The Balaban J connectivity index is 0.00000132. The van der Waals surface area contributed by atoms with Gasteiger partial charge in [0, 0.05) is 34.6 Å². The Morgan fingerprint density at radius 1 is 1.26 bits per heavy atom. The van der Waals surface area contributed by atoms with Gasteiger partial charge >= 0.3 is 0 Å². The third-order valence-corrected chi connectivity index (χ3v) is 4.96. The molecular formula is C16H19Cl2N3OS. The van der Waals surface area contributed by atoms with Crippen molar-refractivity contribution in [3.05, 3.63) is 53.3 Å². The number of fused-ring (bicyclic) bond motifs is 1. The van der Waals surface area contributed by atoms with E-state index >= 15 is 0 Å². The minimum Gasteiger partial charge on any atom is -0.324 e. The molecule has 1 aromatic heterocycles. The van der Waals surface area contributed by atoms with Crippen LogP contribution in [0.4, 0.5) is 5.69 Å². The zero-order chi connectivity index (χ0) is 14.8. The molecular weight excluding hydrogens is 353 g/mol. The average molecular weight is 372 g/mol. The molecule has 7 heteroatoms. The highest BCUT2D eigenvalue weighted by molar-refractivity contribution is 7.99. The van der Waals surface area contributed by atoms with Gasteiger partial charge in [-0.1, -0.05) is 6.07 Å². The first kappa shape index (κ1) is 19.8. The number of pyridine rings is 1. The number of anilines is 1. The number of amides is 1. The second-order valence-electron chi connectivity index (χ2n) is 5.09. The maximum atomic E-state index is 12.4. The fraction of sp³-hybridized carbons (Fsp3) is 0.250. The van der Waals surface area contributed by atoms with Crippen LogP contribution in [0.5, 0.6) is 0 Å². The van der Waals surface area contributed by atoms with E-state index in [2.05, 4.69) is 10.3 Å². The van der Waals surface area contributed by atoms with Crippen molar-refractivity contribution in [1.82, 2.24) is 4.98 Å². The SMILES string of the molecule is Cc1c(C(=O)Nc2ccncc2)ccc2c1SCCC2N.Cl.Cl. The highest BCUT2D eigenvalue weighted by atomic mass is 35.5. The molecule has 2 aromatic rings. The predicted octanol–water partition coefficient (Wildman–Crippen LogP) is 3.98. The van der Waals surface area contributed by atoms with Gasteiger partial charge in [-0.25, -0.2) is 0 Å².